The summed E-state index contributed by atoms with van der Waals surface area (Å²) in [6, 6.07) is 0. The van der Waals surface area contributed by atoms with Gasteiger partial charge < -0.3 is 24.4 Å². The second kappa shape index (κ2) is 10.2. The lowest BCUT2D eigenvalue weighted by atomic mass is 10.1. The number of hydrogen-bond acceptors (Lipinski definition) is 8. The van der Waals surface area contributed by atoms with Crippen molar-refractivity contribution in [1.82, 2.24) is 0 Å². The molecular formula is C18H25N2O7S+. The Morgan fingerprint density at radius 3 is 2.18 bits per heavy atom. The number of likely N-dealkylation sites (tertiary alicyclic amines) is 1. The predicted molar refractivity (Wildman–Crippen MR) is 101 cm³/mol. The number of thiophene rings is 1. The molecule has 10 heteroatoms. The molecular weight excluding hydrogens is 388 g/mol. The van der Waals surface area contributed by atoms with E-state index in [4.69, 9.17) is 9.47 Å². The lowest BCUT2D eigenvalue weighted by molar-refractivity contribution is -0.896. The van der Waals surface area contributed by atoms with Gasteiger partial charge in [-0.25, -0.2) is 9.59 Å². The molecule has 1 aliphatic rings. The van der Waals surface area contributed by atoms with E-state index in [0.717, 1.165) is 37.3 Å². The van der Waals surface area contributed by atoms with Gasteiger partial charge in [0.25, 0.3) is 5.91 Å². The monoisotopic (exact) mass is 413 g/mol. The van der Waals surface area contributed by atoms with Crippen LogP contribution in [0.25, 0.3) is 0 Å². The lowest BCUT2D eigenvalue weighted by Crippen LogP contribution is -3.13. The van der Waals surface area contributed by atoms with Crippen LogP contribution in [0, 0.1) is 0 Å². The number of amides is 1. The van der Waals surface area contributed by atoms with Crippen LogP contribution >= 0.6 is 11.3 Å². The van der Waals surface area contributed by atoms with Crippen LogP contribution in [0.2, 0.25) is 0 Å². The second-order valence-electron chi connectivity index (χ2n) is 6.39. The van der Waals surface area contributed by atoms with E-state index in [0.29, 0.717) is 0 Å². The third-order valence-corrected chi connectivity index (χ3v) is 5.67. The molecule has 1 saturated heterocycles. The van der Waals surface area contributed by atoms with Crippen LogP contribution in [0.15, 0.2) is 0 Å². The molecule has 1 aromatic heterocycles. The largest absolute Gasteiger partial charge is 0.469 e. The summed E-state index contributed by atoms with van der Waals surface area (Å²) in [5, 5.41) is 2.86. The molecule has 1 aliphatic heterocycles. The minimum Gasteiger partial charge on any atom is -0.469 e. The van der Waals surface area contributed by atoms with Crippen molar-refractivity contribution in [3.8, 4) is 0 Å². The summed E-state index contributed by atoms with van der Waals surface area (Å²) in [4.78, 5) is 50.0. The van der Waals surface area contributed by atoms with Crippen molar-refractivity contribution in [2.24, 2.45) is 0 Å². The number of anilines is 1. The molecule has 2 rings (SSSR count). The number of methoxy groups -OCH3 is 3. The molecule has 0 aromatic carbocycles. The van der Waals surface area contributed by atoms with E-state index in [1.807, 2.05) is 0 Å². The third-order valence-electron chi connectivity index (χ3n) is 4.54. The highest BCUT2D eigenvalue weighted by molar-refractivity contribution is 7.18. The van der Waals surface area contributed by atoms with Gasteiger partial charge in [0.2, 0.25) is 0 Å². The Labute approximate surface area is 166 Å². The van der Waals surface area contributed by atoms with Gasteiger partial charge in [-0.2, -0.15) is 0 Å². The first-order valence-electron chi connectivity index (χ1n) is 8.93. The van der Waals surface area contributed by atoms with Gasteiger partial charge in [-0.15, -0.1) is 11.3 Å². The SMILES string of the molecule is COC(=O)Cc1c(C(=O)OC)sc(NC(=O)C[NH+]2CCCCC2)c1C(=O)OC. The van der Waals surface area contributed by atoms with Crippen LogP contribution in [-0.2, 0) is 30.2 Å². The fourth-order valence-corrected chi connectivity index (χ4v) is 4.28. The molecule has 9 nitrogen and oxygen atoms in total. The number of hydrogen-bond donors (Lipinski definition) is 2. The first-order valence-corrected chi connectivity index (χ1v) is 9.75. The Morgan fingerprint density at radius 1 is 0.964 bits per heavy atom. The molecule has 1 amide bonds. The smallest absolute Gasteiger partial charge is 0.348 e. The average molecular weight is 413 g/mol. The van der Waals surface area contributed by atoms with Gasteiger partial charge in [0.1, 0.15) is 9.88 Å². The summed E-state index contributed by atoms with van der Waals surface area (Å²) in [5.74, 6) is -2.38. The predicted octanol–water partition coefficient (Wildman–Crippen LogP) is 0.0441. The summed E-state index contributed by atoms with van der Waals surface area (Å²) in [6.45, 7) is 2.10. The number of piperidine rings is 1. The Hall–Kier alpha value is -2.46. The zero-order valence-electron chi connectivity index (χ0n) is 16.2. The van der Waals surface area contributed by atoms with Crippen molar-refractivity contribution < 1.29 is 38.3 Å². The molecule has 0 saturated carbocycles. The highest BCUT2D eigenvalue weighted by Crippen LogP contribution is 2.35. The maximum absolute atomic E-state index is 12.5. The van der Waals surface area contributed by atoms with Crippen molar-refractivity contribution in [1.29, 1.82) is 0 Å². The molecule has 0 atom stereocenters. The summed E-state index contributed by atoms with van der Waals surface area (Å²) in [5.41, 5.74) is 0.0939. The second-order valence-corrected chi connectivity index (χ2v) is 7.41. The Morgan fingerprint density at radius 2 is 1.61 bits per heavy atom. The molecule has 0 spiro atoms. The number of quaternary nitrogens is 1. The van der Waals surface area contributed by atoms with E-state index in [-0.39, 0.29) is 39.9 Å². The number of carbonyl (C=O) groups excluding carboxylic acids is 4. The summed E-state index contributed by atoms with van der Waals surface area (Å²) >= 11 is 0.881. The molecule has 0 radical (unpaired) electrons. The normalized spacial score (nSPS) is 14.2. The zero-order chi connectivity index (χ0) is 20.7. The molecule has 0 unspecified atom stereocenters. The maximum Gasteiger partial charge on any atom is 0.348 e. The fraction of sp³-hybridized carbons (Fsp3) is 0.556. The van der Waals surface area contributed by atoms with Crippen molar-refractivity contribution in [2.45, 2.75) is 25.7 Å². The van der Waals surface area contributed by atoms with Gasteiger partial charge in [-0.05, 0) is 19.3 Å². The third kappa shape index (κ3) is 5.29. The van der Waals surface area contributed by atoms with Crippen molar-refractivity contribution in [3.05, 3.63) is 16.0 Å². The molecule has 1 fully saturated rings. The molecule has 28 heavy (non-hydrogen) atoms. The van der Waals surface area contributed by atoms with Gasteiger partial charge in [0.05, 0.1) is 46.4 Å². The van der Waals surface area contributed by atoms with Crippen LogP contribution in [0.1, 0.15) is 44.9 Å². The molecule has 0 bridgehead atoms. The number of rotatable bonds is 7. The van der Waals surface area contributed by atoms with Crippen LogP contribution in [0.3, 0.4) is 0 Å². The highest BCUT2D eigenvalue weighted by atomic mass is 32.1. The van der Waals surface area contributed by atoms with Crippen LogP contribution in [0.5, 0.6) is 0 Å². The highest BCUT2D eigenvalue weighted by Gasteiger charge is 2.31. The lowest BCUT2D eigenvalue weighted by Gasteiger charge is -2.22. The minimum absolute atomic E-state index is 0.0275. The Balaban J connectivity index is 2.35. The quantitative estimate of drug-likeness (QED) is 0.480. The number of carbonyl (C=O) groups is 4. The van der Waals surface area contributed by atoms with Gasteiger partial charge in [0.15, 0.2) is 6.54 Å². The van der Waals surface area contributed by atoms with Crippen molar-refractivity contribution >= 4 is 40.2 Å². The minimum atomic E-state index is -0.758. The summed E-state index contributed by atoms with van der Waals surface area (Å²) in [7, 11) is 3.58. The molecule has 2 N–H and O–H groups in total. The Kier molecular flexibility index (Phi) is 7.94. The van der Waals surface area contributed by atoms with E-state index in [1.165, 1.54) is 32.7 Å². The van der Waals surface area contributed by atoms with Gasteiger partial charge in [-0.3, -0.25) is 9.59 Å². The van der Waals surface area contributed by atoms with Crippen molar-refractivity contribution in [3.63, 3.8) is 0 Å². The first-order chi connectivity index (χ1) is 13.4. The van der Waals surface area contributed by atoms with E-state index < -0.39 is 17.9 Å². The van der Waals surface area contributed by atoms with Gasteiger partial charge in [0, 0.05) is 5.56 Å². The summed E-state index contributed by atoms with van der Waals surface area (Å²) < 4.78 is 14.2. The average Bonchev–Trinajstić information content (AvgIpc) is 3.04. The van der Waals surface area contributed by atoms with Crippen LogP contribution < -0.4 is 10.2 Å². The number of ether oxygens (including phenoxy) is 3. The van der Waals surface area contributed by atoms with E-state index in [9.17, 15) is 19.2 Å². The van der Waals surface area contributed by atoms with E-state index in [2.05, 4.69) is 10.1 Å². The number of nitrogens with one attached hydrogen (secondary N) is 2. The van der Waals surface area contributed by atoms with Crippen molar-refractivity contribution in [2.75, 3.05) is 46.3 Å². The maximum atomic E-state index is 12.5. The van der Waals surface area contributed by atoms with E-state index in [1.54, 1.807) is 0 Å². The molecule has 1 aromatic rings. The Bertz CT molecular complexity index is 753. The fourth-order valence-electron chi connectivity index (χ4n) is 3.14. The van der Waals surface area contributed by atoms with Crippen LogP contribution in [0.4, 0.5) is 5.00 Å². The molecule has 0 aliphatic carbocycles. The zero-order valence-corrected chi connectivity index (χ0v) is 17.0. The number of esters is 3. The van der Waals surface area contributed by atoms with Gasteiger partial charge >= 0.3 is 17.9 Å². The molecule has 154 valence electrons. The summed E-state index contributed by atoms with van der Waals surface area (Å²) in [6.07, 6.45) is 2.99. The van der Waals surface area contributed by atoms with Gasteiger partial charge in [-0.1, -0.05) is 0 Å². The van der Waals surface area contributed by atoms with E-state index >= 15 is 0 Å². The first kappa shape index (κ1) is 21.8. The molecule has 2 heterocycles. The topological polar surface area (TPSA) is 112 Å². The standard InChI is InChI=1S/C18H24N2O7S/c1-25-13(22)9-11-14(17(23)26-2)16(28-15(11)18(24)27-3)19-12(21)10-20-7-5-4-6-8-20/h4-10H2,1-3H3,(H,19,21)/p+1. The van der Waals surface area contributed by atoms with Crippen LogP contribution in [-0.4, -0.2) is 64.8 Å².